The van der Waals surface area contributed by atoms with Crippen molar-refractivity contribution in [1.29, 1.82) is 0 Å². The first kappa shape index (κ1) is 17.5. The number of aromatic nitrogens is 1. The van der Waals surface area contributed by atoms with Gasteiger partial charge in [0.2, 0.25) is 0 Å². The molecule has 0 radical (unpaired) electrons. The Kier molecular flexibility index (Phi) is 5.19. The van der Waals surface area contributed by atoms with E-state index < -0.39 is 23.4 Å². The van der Waals surface area contributed by atoms with E-state index in [1.54, 1.807) is 20.8 Å². The summed E-state index contributed by atoms with van der Waals surface area (Å²) < 4.78 is 32.7. The van der Waals surface area contributed by atoms with Gasteiger partial charge in [-0.3, -0.25) is 0 Å². The molecule has 2 rings (SSSR count). The quantitative estimate of drug-likeness (QED) is 0.844. The van der Waals surface area contributed by atoms with Gasteiger partial charge in [-0.2, -0.15) is 0 Å². The van der Waals surface area contributed by atoms with Crippen molar-refractivity contribution in [3.8, 4) is 12.3 Å². The molecule has 2 amide bonds. The van der Waals surface area contributed by atoms with Gasteiger partial charge in [-0.05, 0) is 39.3 Å². The summed E-state index contributed by atoms with van der Waals surface area (Å²) in [6.45, 7) is 5.34. The maximum Gasteiger partial charge on any atom is 0.319 e. The summed E-state index contributed by atoms with van der Waals surface area (Å²) >= 11 is 0. The van der Waals surface area contributed by atoms with E-state index in [0.717, 1.165) is 23.4 Å². The molecule has 0 unspecified atom stereocenters. The molecule has 1 aromatic heterocycles. The lowest BCUT2D eigenvalue weighted by atomic mass is 10.1. The van der Waals surface area contributed by atoms with Gasteiger partial charge in [-0.15, -0.1) is 6.42 Å². The van der Waals surface area contributed by atoms with E-state index in [1.807, 2.05) is 0 Å². The molecule has 126 valence electrons. The molecule has 1 aromatic carbocycles. The molecule has 2 aromatic rings. The summed E-state index contributed by atoms with van der Waals surface area (Å²) in [7, 11) is 0. The lowest BCUT2D eigenvalue weighted by Gasteiger charge is -2.15. The van der Waals surface area contributed by atoms with Gasteiger partial charge in [0.15, 0.2) is 11.6 Å². The highest BCUT2D eigenvalue weighted by atomic mass is 19.1. The number of carbonyl (C=O) groups excluding carboxylic acids is 1. The van der Waals surface area contributed by atoms with Crippen molar-refractivity contribution in [1.82, 2.24) is 10.5 Å². The standard InChI is InChI=1S/C17H17F2N3O2/c1-5-12-7-14(18)16(15(19)8-12)21-17(23)20-9(2)6-13-10(3)22-24-11(13)4/h1,7-9H,6H2,2-4H3,(H2,20,21,23)/t9-/m1/s1. The lowest BCUT2D eigenvalue weighted by Crippen LogP contribution is -2.37. The maximum atomic E-state index is 13.8. The van der Waals surface area contributed by atoms with Gasteiger partial charge in [0, 0.05) is 17.2 Å². The number of nitrogens with one attached hydrogen (secondary N) is 2. The summed E-state index contributed by atoms with van der Waals surface area (Å²) in [5.74, 6) is 0.936. The van der Waals surface area contributed by atoms with E-state index in [9.17, 15) is 13.6 Å². The molecule has 0 aliphatic rings. The molecule has 0 aliphatic carbocycles. The van der Waals surface area contributed by atoms with Crippen molar-refractivity contribution in [2.75, 3.05) is 5.32 Å². The molecule has 5 nitrogen and oxygen atoms in total. The highest BCUT2D eigenvalue weighted by Crippen LogP contribution is 2.20. The zero-order valence-corrected chi connectivity index (χ0v) is 13.5. The van der Waals surface area contributed by atoms with Gasteiger partial charge in [0.25, 0.3) is 0 Å². The third-order valence-corrected chi connectivity index (χ3v) is 3.52. The molecular weight excluding hydrogens is 316 g/mol. The molecule has 1 atom stereocenters. The SMILES string of the molecule is C#Cc1cc(F)c(NC(=O)N[C@H](C)Cc2c(C)noc2C)c(F)c1. The van der Waals surface area contributed by atoms with Gasteiger partial charge in [-0.25, -0.2) is 13.6 Å². The summed E-state index contributed by atoms with van der Waals surface area (Å²) in [6, 6.07) is 0.941. The molecular formula is C17H17F2N3O2. The van der Waals surface area contributed by atoms with E-state index in [1.165, 1.54) is 0 Å². The fourth-order valence-corrected chi connectivity index (χ4v) is 2.30. The van der Waals surface area contributed by atoms with Crippen LogP contribution in [0.3, 0.4) is 0 Å². The number of benzene rings is 1. The number of nitrogens with zero attached hydrogens (tertiary/aromatic N) is 1. The molecule has 1 heterocycles. The lowest BCUT2D eigenvalue weighted by molar-refractivity contribution is 0.249. The fourth-order valence-electron chi connectivity index (χ4n) is 2.30. The van der Waals surface area contributed by atoms with Crippen molar-refractivity contribution in [3.63, 3.8) is 0 Å². The third kappa shape index (κ3) is 3.90. The zero-order chi connectivity index (χ0) is 17.9. The Balaban J connectivity index is 2.02. The van der Waals surface area contributed by atoms with Crippen LogP contribution in [-0.2, 0) is 6.42 Å². The van der Waals surface area contributed by atoms with Crippen LogP contribution in [0.25, 0.3) is 0 Å². The first-order valence-corrected chi connectivity index (χ1v) is 7.26. The summed E-state index contributed by atoms with van der Waals surface area (Å²) in [6.07, 6.45) is 5.58. The van der Waals surface area contributed by atoms with Crippen LogP contribution < -0.4 is 10.6 Å². The van der Waals surface area contributed by atoms with Gasteiger partial charge in [-0.1, -0.05) is 11.1 Å². The second-order valence-corrected chi connectivity index (χ2v) is 5.47. The Labute approximate surface area is 138 Å². The molecule has 0 fully saturated rings. The maximum absolute atomic E-state index is 13.8. The van der Waals surface area contributed by atoms with Gasteiger partial charge >= 0.3 is 6.03 Å². The number of amides is 2. The van der Waals surface area contributed by atoms with E-state index in [0.29, 0.717) is 12.2 Å². The second kappa shape index (κ2) is 7.13. The number of terminal acetylenes is 1. The van der Waals surface area contributed by atoms with E-state index in [2.05, 4.69) is 21.7 Å². The summed E-state index contributed by atoms with van der Waals surface area (Å²) in [5, 5.41) is 8.61. The normalized spacial score (nSPS) is 11.7. The molecule has 24 heavy (non-hydrogen) atoms. The Morgan fingerprint density at radius 1 is 1.38 bits per heavy atom. The van der Waals surface area contributed by atoms with Gasteiger partial charge in [0.05, 0.1) is 5.69 Å². The van der Waals surface area contributed by atoms with Crippen molar-refractivity contribution in [2.24, 2.45) is 0 Å². The highest BCUT2D eigenvalue weighted by molar-refractivity contribution is 5.89. The van der Waals surface area contributed by atoms with E-state index >= 15 is 0 Å². The van der Waals surface area contributed by atoms with Crippen LogP contribution >= 0.6 is 0 Å². The highest BCUT2D eigenvalue weighted by Gasteiger charge is 2.17. The number of hydrogen-bond donors (Lipinski definition) is 2. The van der Waals surface area contributed by atoms with Crippen molar-refractivity contribution >= 4 is 11.7 Å². The number of hydrogen-bond acceptors (Lipinski definition) is 3. The number of urea groups is 1. The van der Waals surface area contributed by atoms with E-state index in [4.69, 9.17) is 10.9 Å². The summed E-state index contributed by atoms with van der Waals surface area (Å²) in [5.41, 5.74) is 1.14. The van der Waals surface area contributed by atoms with E-state index in [-0.39, 0.29) is 11.6 Å². The number of rotatable bonds is 4. The minimum atomic E-state index is -0.934. The number of anilines is 1. The first-order chi connectivity index (χ1) is 11.3. The smallest absolute Gasteiger partial charge is 0.319 e. The Hall–Kier alpha value is -2.88. The van der Waals surface area contributed by atoms with Crippen LogP contribution in [0, 0.1) is 37.8 Å². The fraction of sp³-hybridized carbons (Fsp3) is 0.294. The molecule has 0 spiro atoms. The van der Waals surface area contributed by atoms with Gasteiger partial charge < -0.3 is 15.2 Å². The average molecular weight is 333 g/mol. The minimum Gasteiger partial charge on any atom is -0.361 e. The molecule has 0 saturated heterocycles. The Morgan fingerprint density at radius 3 is 2.50 bits per heavy atom. The predicted octanol–water partition coefficient (Wildman–Crippen LogP) is 3.30. The minimum absolute atomic E-state index is 0.0581. The summed E-state index contributed by atoms with van der Waals surface area (Å²) in [4.78, 5) is 11.9. The van der Waals surface area contributed by atoms with Crippen LogP contribution in [0.5, 0.6) is 0 Å². The van der Waals surface area contributed by atoms with Gasteiger partial charge in [0.1, 0.15) is 11.4 Å². The van der Waals surface area contributed by atoms with Crippen LogP contribution in [0.15, 0.2) is 16.7 Å². The average Bonchev–Trinajstić information content (AvgIpc) is 2.82. The Morgan fingerprint density at radius 2 is 2.00 bits per heavy atom. The largest absolute Gasteiger partial charge is 0.361 e. The molecule has 0 aliphatic heterocycles. The second-order valence-electron chi connectivity index (χ2n) is 5.47. The number of carbonyl (C=O) groups is 1. The first-order valence-electron chi connectivity index (χ1n) is 7.26. The monoisotopic (exact) mass is 333 g/mol. The van der Waals surface area contributed by atoms with Crippen molar-refractivity contribution < 1.29 is 18.1 Å². The molecule has 7 heteroatoms. The van der Waals surface area contributed by atoms with Crippen LogP contribution in [0.2, 0.25) is 0 Å². The number of halogens is 2. The van der Waals surface area contributed by atoms with Crippen molar-refractivity contribution in [2.45, 2.75) is 33.2 Å². The van der Waals surface area contributed by atoms with Crippen LogP contribution in [-0.4, -0.2) is 17.2 Å². The molecule has 2 N–H and O–H groups in total. The molecule has 0 saturated carbocycles. The van der Waals surface area contributed by atoms with Crippen molar-refractivity contribution in [3.05, 3.63) is 46.3 Å². The third-order valence-electron chi connectivity index (χ3n) is 3.52. The van der Waals surface area contributed by atoms with Crippen LogP contribution in [0.4, 0.5) is 19.3 Å². The number of aryl methyl sites for hydroxylation is 2. The molecule has 0 bridgehead atoms. The topological polar surface area (TPSA) is 67.2 Å². The predicted molar refractivity (Wildman–Crippen MR) is 85.6 cm³/mol. The zero-order valence-electron chi connectivity index (χ0n) is 13.5. The Bertz CT molecular complexity index is 766. The van der Waals surface area contributed by atoms with Crippen LogP contribution in [0.1, 0.15) is 29.5 Å².